The number of carbonyl (C=O) groups is 1. The van der Waals surface area contributed by atoms with E-state index in [0.29, 0.717) is 41.4 Å². The fraction of sp³-hybridized carbons (Fsp3) is 0.261. The molecule has 0 aromatic heterocycles. The van der Waals surface area contributed by atoms with Gasteiger partial charge in [-0.2, -0.15) is 5.26 Å². The standard InChI is InChI=1S/C23H25N5O/c1-14-4-5-17(10-20(14)22(26)15(2)21(25)11-24)23(29)28-12-18(13-28)16-6-8-19(27-3)9-7-16/h4-10,18,25,27H,12-13,26H2,1-3H3/b22-15-,25-21?. The highest BCUT2D eigenvalue weighted by Crippen LogP contribution is 2.30. The van der Waals surface area contributed by atoms with Crippen LogP contribution in [0.1, 0.15) is 39.9 Å². The number of amides is 1. The number of anilines is 1. The molecule has 2 aromatic rings. The Balaban J connectivity index is 1.76. The molecule has 1 aliphatic rings. The minimum absolute atomic E-state index is 0.0323. The first-order valence-electron chi connectivity index (χ1n) is 9.49. The van der Waals surface area contributed by atoms with Crippen molar-refractivity contribution < 1.29 is 4.79 Å². The molecule has 1 fully saturated rings. The van der Waals surface area contributed by atoms with Crippen LogP contribution in [0.3, 0.4) is 0 Å². The van der Waals surface area contributed by atoms with Crippen molar-refractivity contribution in [2.45, 2.75) is 19.8 Å². The molecule has 1 aliphatic heterocycles. The second-order valence-corrected chi connectivity index (χ2v) is 7.33. The SMILES string of the molecule is CNc1ccc(C2CN(C(=O)c3ccc(C)c(/C(N)=C(\C)C(=N)C#N)c3)C2)cc1. The van der Waals surface area contributed by atoms with Crippen molar-refractivity contribution in [3.63, 3.8) is 0 Å². The van der Waals surface area contributed by atoms with Crippen molar-refractivity contribution in [3.05, 3.63) is 70.3 Å². The third kappa shape index (κ3) is 3.99. The predicted octanol–water partition coefficient (Wildman–Crippen LogP) is 3.51. The quantitative estimate of drug-likeness (QED) is 0.683. The van der Waals surface area contributed by atoms with E-state index in [2.05, 4.69) is 17.4 Å². The zero-order valence-corrected chi connectivity index (χ0v) is 16.9. The van der Waals surface area contributed by atoms with Crippen molar-refractivity contribution in [1.29, 1.82) is 10.7 Å². The molecule has 0 atom stereocenters. The lowest BCUT2D eigenvalue weighted by atomic mass is 9.90. The summed E-state index contributed by atoms with van der Waals surface area (Å²) in [7, 11) is 1.89. The van der Waals surface area contributed by atoms with E-state index in [1.807, 2.05) is 37.1 Å². The maximum atomic E-state index is 12.9. The lowest BCUT2D eigenvalue weighted by Crippen LogP contribution is -2.48. The number of nitriles is 1. The molecule has 4 N–H and O–H groups in total. The van der Waals surface area contributed by atoms with Gasteiger partial charge in [0, 0.05) is 54.1 Å². The van der Waals surface area contributed by atoms with Gasteiger partial charge in [-0.05, 0) is 49.2 Å². The molecule has 6 nitrogen and oxygen atoms in total. The van der Waals surface area contributed by atoms with Crippen LogP contribution in [0, 0.1) is 23.7 Å². The number of rotatable bonds is 5. The second kappa shape index (κ2) is 8.19. The molecule has 0 spiro atoms. The molecule has 29 heavy (non-hydrogen) atoms. The van der Waals surface area contributed by atoms with Gasteiger partial charge in [-0.1, -0.05) is 18.2 Å². The number of hydrogen-bond donors (Lipinski definition) is 3. The zero-order chi connectivity index (χ0) is 21.1. The highest BCUT2D eigenvalue weighted by molar-refractivity contribution is 6.13. The molecule has 0 aliphatic carbocycles. The number of allylic oxidation sites excluding steroid dienone is 1. The van der Waals surface area contributed by atoms with Crippen LogP contribution in [-0.4, -0.2) is 36.7 Å². The van der Waals surface area contributed by atoms with Crippen LogP contribution in [0.4, 0.5) is 5.69 Å². The van der Waals surface area contributed by atoms with Gasteiger partial charge in [0.15, 0.2) is 0 Å². The Morgan fingerprint density at radius 2 is 1.90 bits per heavy atom. The number of nitrogens with zero attached hydrogens (tertiary/aromatic N) is 2. The van der Waals surface area contributed by atoms with Crippen molar-refractivity contribution in [3.8, 4) is 6.07 Å². The average molecular weight is 387 g/mol. The van der Waals surface area contributed by atoms with Gasteiger partial charge >= 0.3 is 0 Å². The first-order chi connectivity index (χ1) is 13.8. The van der Waals surface area contributed by atoms with Crippen molar-refractivity contribution >= 4 is 23.0 Å². The number of carbonyl (C=O) groups excluding carboxylic acids is 1. The molecule has 148 valence electrons. The number of hydrogen-bond acceptors (Lipinski definition) is 5. The van der Waals surface area contributed by atoms with E-state index < -0.39 is 0 Å². The number of benzene rings is 2. The molecule has 2 aromatic carbocycles. The Morgan fingerprint density at radius 1 is 1.24 bits per heavy atom. The van der Waals surface area contributed by atoms with E-state index in [4.69, 9.17) is 16.4 Å². The largest absolute Gasteiger partial charge is 0.398 e. The number of nitrogens with one attached hydrogen (secondary N) is 2. The molecule has 1 heterocycles. The summed E-state index contributed by atoms with van der Waals surface area (Å²) >= 11 is 0. The van der Waals surface area contributed by atoms with Gasteiger partial charge in [0.25, 0.3) is 5.91 Å². The van der Waals surface area contributed by atoms with E-state index in [1.54, 1.807) is 25.1 Å². The van der Waals surface area contributed by atoms with Gasteiger partial charge in [-0.3, -0.25) is 10.2 Å². The normalized spacial score (nSPS) is 14.5. The molecule has 0 saturated carbocycles. The zero-order valence-electron chi connectivity index (χ0n) is 16.9. The summed E-state index contributed by atoms with van der Waals surface area (Å²) in [6.07, 6.45) is 0. The third-order valence-electron chi connectivity index (χ3n) is 5.51. The first kappa shape index (κ1) is 20.2. The minimum Gasteiger partial charge on any atom is -0.398 e. The van der Waals surface area contributed by atoms with E-state index in [1.165, 1.54) is 5.56 Å². The number of aryl methyl sites for hydroxylation is 1. The Bertz CT molecular complexity index is 1020. The van der Waals surface area contributed by atoms with Crippen LogP contribution in [0.15, 0.2) is 48.0 Å². The molecule has 1 amide bonds. The van der Waals surface area contributed by atoms with Gasteiger partial charge in [0.2, 0.25) is 0 Å². The molecule has 3 rings (SSSR count). The molecule has 1 saturated heterocycles. The van der Waals surface area contributed by atoms with Crippen LogP contribution < -0.4 is 11.1 Å². The lowest BCUT2D eigenvalue weighted by molar-refractivity contribution is 0.0602. The summed E-state index contributed by atoms with van der Waals surface area (Å²) in [5, 5.41) is 19.7. The van der Waals surface area contributed by atoms with Crippen LogP contribution in [0.5, 0.6) is 0 Å². The van der Waals surface area contributed by atoms with E-state index in [-0.39, 0.29) is 11.6 Å². The Morgan fingerprint density at radius 3 is 2.48 bits per heavy atom. The van der Waals surface area contributed by atoms with Crippen molar-refractivity contribution in [1.82, 2.24) is 4.90 Å². The second-order valence-electron chi connectivity index (χ2n) is 7.33. The summed E-state index contributed by atoms with van der Waals surface area (Å²) in [4.78, 5) is 14.7. The summed E-state index contributed by atoms with van der Waals surface area (Å²) in [6.45, 7) is 4.91. The van der Waals surface area contributed by atoms with Crippen LogP contribution in [0.2, 0.25) is 0 Å². The molecule has 0 bridgehead atoms. The average Bonchev–Trinajstić information content (AvgIpc) is 2.71. The van der Waals surface area contributed by atoms with Gasteiger partial charge in [-0.15, -0.1) is 0 Å². The van der Waals surface area contributed by atoms with E-state index in [0.717, 1.165) is 11.3 Å². The summed E-state index contributed by atoms with van der Waals surface area (Å²) in [6, 6.07) is 15.5. The maximum absolute atomic E-state index is 12.9. The summed E-state index contributed by atoms with van der Waals surface area (Å²) in [5.74, 6) is 0.313. The molecule has 0 unspecified atom stereocenters. The molecule has 6 heteroatoms. The van der Waals surface area contributed by atoms with Crippen molar-refractivity contribution in [2.24, 2.45) is 5.73 Å². The molecular formula is C23H25N5O. The summed E-state index contributed by atoms with van der Waals surface area (Å²) < 4.78 is 0. The maximum Gasteiger partial charge on any atom is 0.253 e. The van der Waals surface area contributed by atoms with Gasteiger partial charge in [0.05, 0.1) is 0 Å². The number of nitrogens with two attached hydrogens (primary N) is 1. The van der Waals surface area contributed by atoms with Crippen LogP contribution in [0.25, 0.3) is 5.70 Å². The monoisotopic (exact) mass is 387 g/mol. The lowest BCUT2D eigenvalue weighted by Gasteiger charge is -2.39. The fourth-order valence-electron chi connectivity index (χ4n) is 3.43. The first-order valence-corrected chi connectivity index (χ1v) is 9.49. The fourth-order valence-corrected chi connectivity index (χ4v) is 3.43. The Kier molecular flexibility index (Phi) is 5.69. The third-order valence-corrected chi connectivity index (χ3v) is 5.51. The smallest absolute Gasteiger partial charge is 0.253 e. The Labute approximate surface area is 171 Å². The highest BCUT2D eigenvalue weighted by Gasteiger charge is 2.32. The van der Waals surface area contributed by atoms with Crippen LogP contribution >= 0.6 is 0 Å². The van der Waals surface area contributed by atoms with Crippen LogP contribution in [-0.2, 0) is 0 Å². The van der Waals surface area contributed by atoms with Gasteiger partial charge < -0.3 is 16.0 Å². The molecule has 0 radical (unpaired) electrons. The Hall–Kier alpha value is -3.59. The van der Waals surface area contributed by atoms with Crippen molar-refractivity contribution in [2.75, 3.05) is 25.5 Å². The molecular weight excluding hydrogens is 362 g/mol. The van der Waals surface area contributed by atoms with E-state index in [9.17, 15) is 4.79 Å². The van der Waals surface area contributed by atoms with Gasteiger partial charge in [-0.25, -0.2) is 0 Å². The summed E-state index contributed by atoms with van der Waals surface area (Å²) in [5.41, 5.74) is 11.2. The van der Waals surface area contributed by atoms with Gasteiger partial charge in [0.1, 0.15) is 11.8 Å². The topological polar surface area (TPSA) is 106 Å². The number of likely N-dealkylation sites (tertiary alicyclic amines) is 1. The predicted molar refractivity (Wildman–Crippen MR) is 116 cm³/mol. The van der Waals surface area contributed by atoms with E-state index >= 15 is 0 Å². The minimum atomic E-state index is -0.173. The highest BCUT2D eigenvalue weighted by atomic mass is 16.2.